The quantitative estimate of drug-likeness (QED) is 0.589. The van der Waals surface area contributed by atoms with Crippen LogP contribution in [0.1, 0.15) is 18.4 Å². The standard InChI is InChI=1S/C18H17Cl2N3O3S/c19-14-7-9-15(10-8-14)27(25,26)23-11-3-6-17(23)18(24)22-21-12-13-4-1-2-5-16(13)20/h1-2,4-5,7-10,12,17H,3,6,11H2,(H,22,24)/b21-12-/t17-/m0/s1. The number of sulfonamides is 1. The number of benzene rings is 2. The zero-order chi connectivity index (χ0) is 19.4. The summed E-state index contributed by atoms with van der Waals surface area (Å²) in [5.41, 5.74) is 3.06. The van der Waals surface area contributed by atoms with E-state index in [1.54, 1.807) is 24.3 Å². The molecule has 9 heteroatoms. The average Bonchev–Trinajstić information content (AvgIpc) is 3.14. The molecule has 1 saturated heterocycles. The van der Waals surface area contributed by atoms with Gasteiger partial charge in [-0.05, 0) is 43.2 Å². The highest BCUT2D eigenvalue weighted by Crippen LogP contribution is 2.27. The lowest BCUT2D eigenvalue weighted by molar-refractivity contribution is -0.124. The number of hydrogen-bond donors (Lipinski definition) is 1. The summed E-state index contributed by atoms with van der Waals surface area (Å²) in [4.78, 5) is 12.6. The summed E-state index contributed by atoms with van der Waals surface area (Å²) < 4.78 is 26.9. The lowest BCUT2D eigenvalue weighted by Crippen LogP contribution is -2.44. The zero-order valence-corrected chi connectivity index (χ0v) is 16.5. The van der Waals surface area contributed by atoms with Crippen molar-refractivity contribution >= 4 is 45.3 Å². The lowest BCUT2D eigenvalue weighted by Gasteiger charge is -2.22. The molecule has 27 heavy (non-hydrogen) atoms. The molecule has 0 saturated carbocycles. The van der Waals surface area contributed by atoms with Crippen LogP contribution in [0.4, 0.5) is 0 Å². The Morgan fingerprint density at radius 3 is 2.56 bits per heavy atom. The largest absolute Gasteiger partial charge is 0.271 e. The van der Waals surface area contributed by atoms with Gasteiger partial charge in [-0.3, -0.25) is 4.79 Å². The summed E-state index contributed by atoms with van der Waals surface area (Å²) in [7, 11) is -3.79. The second-order valence-electron chi connectivity index (χ2n) is 5.98. The van der Waals surface area contributed by atoms with Crippen LogP contribution in [0.25, 0.3) is 0 Å². The Labute approximate surface area is 167 Å². The average molecular weight is 426 g/mol. The maximum atomic E-state index is 12.8. The van der Waals surface area contributed by atoms with Crippen LogP contribution in [0.15, 0.2) is 58.5 Å². The van der Waals surface area contributed by atoms with E-state index in [1.807, 2.05) is 0 Å². The number of nitrogens with one attached hydrogen (secondary N) is 1. The smallest absolute Gasteiger partial charge is 0.258 e. The number of hydrazone groups is 1. The van der Waals surface area contributed by atoms with E-state index in [2.05, 4.69) is 10.5 Å². The summed E-state index contributed by atoms with van der Waals surface area (Å²) >= 11 is 11.8. The molecule has 1 aliphatic rings. The fourth-order valence-corrected chi connectivity index (χ4v) is 4.82. The Hall–Kier alpha value is -1.93. The molecule has 0 unspecified atom stereocenters. The molecule has 1 amide bonds. The van der Waals surface area contributed by atoms with Crippen LogP contribution >= 0.6 is 23.2 Å². The van der Waals surface area contributed by atoms with E-state index in [-0.39, 0.29) is 11.4 Å². The van der Waals surface area contributed by atoms with Crippen LogP contribution in [0.2, 0.25) is 10.0 Å². The SMILES string of the molecule is O=C(N/N=C\c1ccccc1Cl)[C@@H]1CCCN1S(=O)(=O)c1ccc(Cl)cc1. The predicted molar refractivity (Wildman–Crippen MR) is 106 cm³/mol. The molecule has 0 bridgehead atoms. The summed E-state index contributed by atoms with van der Waals surface area (Å²) in [5.74, 6) is -0.478. The first kappa shape index (κ1) is 19.8. The van der Waals surface area contributed by atoms with Gasteiger partial charge in [-0.2, -0.15) is 9.41 Å². The molecule has 0 spiro atoms. The highest BCUT2D eigenvalue weighted by atomic mass is 35.5. The Bertz CT molecular complexity index is 962. The zero-order valence-electron chi connectivity index (χ0n) is 14.2. The van der Waals surface area contributed by atoms with Gasteiger partial charge in [0.15, 0.2) is 0 Å². The monoisotopic (exact) mass is 425 g/mol. The highest BCUT2D eigenvalue weighted by Gasteiger charge is 2.39. The van der Waals surface area contributed by atoms with Gasteiger partial charge in [0.2, 0.25) is 10.0 Å². The Morgan fingerprint density at radius 1 is 1.15 bits per heavy atom. The first-order valence-corrected chi connectivity index (χ1v) is 10.4. The van der Waals surface area contributed by atoms with Gasteiger partial charge in [0, 0.05) is 22.2 Å². The minimum atomic E-state index is -3.79. The van der Waals surface area contributed by atoms with Crippen LogP contribution in [-0.2, 0) is 14.8 Å². The van der Waals surface area contributed by atoms with Crippen molar-refractivity contribution in [3.63, 3.8) is 0 Å². The molecule has 1 N–H and O–H groups in total. The summed E-state index contributed by atoms with van der Waals surface area (Å²) in [5, 5.41) is 4.85. The van der Waals surface area contributed by atoms with E-state index in [9.17, 15) is 13.2 Å². The van der Waals surface area contributed by atoms with Crippen molar-refractivity contribution in [2.24, 2.45) is 5.10 Å². The molecule has 2 aromatic rings. The van der Waals surface area contributed by atoms with Gasteiger partial charge in [0.05, 0.1) is 11.1 Å². The van der Waals surface area contributed by atoms with Crippen molar-refractivity contribution in [3.8, 4) is 0 Å². The summed E-state index contributed by atoms with van der Waals surface area (Å²) in [6.45, 7) is 0.275. The van der Waals surface area contributed by atoms with Gasteiger partial charge in [0.25, 0.3) is 5.91 Å². The van der Waals surface area contributed by atoms with Crippen molar-refractivity contribution in [3.05, 3.63) is 64.1 Å². The van der Waals surface area contributed by atoms with Gasteiger partial charge in [0.1, 0.15) is 6.04 Å². The number of hydrogen-bond acceptors (Lipinski definition) is 4. The van der Waals surface area contributed by atoms with Gasteiger partial charge in [-0.1, -0.05) is 41.4 Å². The second-order valence-corrected chi connectivity index (χ2v) is 8.72. The molecular weight excluding hydrogens is 409 g/mol. The van der Waals surface area contributed by atoms with Gasteiger partial charge in [-0.25, -0.2) is 13.8 Å². The van der Waals surface area contributed by atoms with E-state index < -0.39 is 22.0 Å². The van der Waals surface area contributed by atoms with Crippen LogP contribution < -0.4 is 5.43 Å². The van der Waals surface area contributed by atoms with Crippen LogP contribution in [0.5, 0.6) is 0 Å². The number of nitrogens with zero attached hydrogens (tertiary/aromatic N) is 2. The topological polar surface area (TPSA) is 78.8 Å². The van der Waals surface area contributed by atoms with Gasteiger partial charge >= 0.3 is 0 Å². The first-order chi connectivity index (χ1) is 12.9. The molecule has 1 atom stereocenters. The van der Waals surface area contributed by atoms with Gasteiger partial charge in [-0.15, -0.1) is 0 Å². The normalized spacial score (nSPS) is 18.1. The molecule has 6 nitrogen and oxygen atoms in total. The van der Waals surface area contributed by atoms with Crippen LogP contribution in [0.3, 0.4) is 0 Å². The van der Waals surface area contributed by atoms with Crippen LogP contribution in [-0.4, -0.2) is 37.4 Å². The molecule has 3 rings (SSSR count). The van der Waals surface area contributed by atoms with Crippen LogP contribution in [0, 0.1) is 0 Å². The molecule has 1 aliphatic heterocycles. The number of carbonyl (C=O) groups is 1. The fourth-order valence-electron chi connectivity index (χ4n) is 2.85. The third-order valence-corrected chi connectivity index (χ3v) is 6.73. The molecule has 1 fully saturated rings. The lowest BCUT2D eigenvalue weighted by atomic mass is 10.2. The first-order valence-electron chi connectivity index (χ1n) is 8.24. The Morgan fingerprint density at radius 2 is 1.85 bits per heavy atom. The third-order valence-electron chi connectivity index (χ3n) is 4.21. The van der Waals surface area contributed by atoms with Crippen molar-refractivity contribution in [2.45, 2.75) is 23.8 Å². The number of halogens is 2. The number of amides is 1. The molecule has 2 aromatic carbocycles. The molecular formula is C18H17Cl2N3O3S. The molecule has 0 aromatic heterocycles. The fraction of sp³-hybridized carbons (Fsp3) is 0.222. The predicted octanol–water partition coefficient (Wildman–Crippen LogP) is 3.30. The number of carbonyl (C=O) groups excluding carboxylic acids is 1. The molecule has 1 heterocycles. The van der Waals surface area contributed by atoms with E-state index in [4.69, 9.17) is 23.2 Å². The highest BCUT2D eigenvalue weighted by molar-refractivity contribution is 7.89. The molecule has 0 aliphatic carbocycles. The van der Waals surface area contributed by atoms with E-state index >= 15 is 0 Å². The molecule has 142 valence electrons. The van der Waals surface area contributed by atoms with Crippen molar-refractivity contribution in [1.29, 1.82) is 0 Å². The van der Waals surface area contributed by atoms with E-state index in [0.717, 1.165) is 0 Å². The Balaban J connectivity index is 1.73. The minimum absolute atomic E-state index is 0.103. The number of rotatable bonds is 5. The summed E-state index contributed by atoms with van der Waals surface area (Å²) in [6, 6.07) is 12.1. The summed E-state index contributed by atoms with van der Waals surface area (Å²) in [6.07, 6.45) is 2.45. The van der Waals surface area contributed by atoms with Crippen molar-refractivity contribution in [2.75, 3.05) is 6.54 Å². The Kier molecular flexibility index (Phi) is 6.16. The third kappa shape index (κ3) is 4.50. The van der Waals surface area contributed by atoms with Crippen molar-refractivity contribution in [1.82, 2.24) is 9.73 Å². The van der Waals surface area contributed by atoms with Crippen molar-refractivity contribution < 1.29 is 13.2 Å². The van der Waals surface area contributed by atoms with Gasteiger partial charge < -0.3 is 0 Å². The maximum absolute atomic E-state index is 12.8. The molecule has 0 radical (unpaired) electrons. The minimum Gasteiger partial charge on any atom is -0.271 e. The van der Waals surface area contributed by atoms with E-state index in [1.165, 1.54) is 34.8 Å². The maximum Gasteiger partial charge on any atom is 0.258 e. The second kappa shape index (κ2) is 8.39. The van der Waals surface area contributed by atoms with E-state index in [0.29, 0.717) is 28.5 Å².